The van der Waals surface area contributed by atoms with Gasteiger partial charge in [0.25, 0.3) is 0 Å². The molecule has 0 saturated carbocycles. The van der Waals surface area contributed by atoms with E-state index in [2.05, 4.69) is 4.99 Å². The van der Waals surface area contributed by atoms with Crippen LogP contribution in [-0.4, -0.2) is 55.9 Å². The van der Waals surface area contributed by atoms with Gasteiger partial charge in [0, 0.05) is 11.3 Å². The Kier molecular flexibility index (Phi) is 6.30. The zero-order valence-electron chi connectivity index (χ0n) is 17.9. The second kappa shape index (κ2) is 9.47. The van der Waals surface area contributed by atoms with Crippen LogP contribution in [0.25, 0.3) is 10.8 Å². The third-order valence-electron chi connectivity index (χ3n) is 5.17. The molecule has 0 bridgehead atoms. The van der Waals surface area contributed by atoms with Crippen LogP contribution in [0.4, 0.5) is 10.5 Å². The van der Waals surface area contributed by atoms with Gasteiger partial charge < -0.3 is 25.1 Å². The summed E-state index contributed by atoms with van der Waals surface area (Å²) in [5.74, 6) is 0.464. The Labute approximate surface area is 190 Å². The number of carbonyl (C=O) groups is 2. The van der Waals surface area contributed by atoms with E-state index in [4.69, 9.17) is 25.1 Å². The maximum atomic E-state index is 12.4. The third-order valence-corrected chi connectivity index (χ3v) is 5.17. The molecule has 9 heteroatoms. The second-order valence-corrected chi connectivity index (χ2v) is 7.45. The zero-order chi connectivity index (χ0) is 23.4. The molecule has 1 fully saturated rings. The van der Waals surface area contributed by atoms with E-state index in [0.717, 1.165) is 16.5 Å². The standard InChI is InChI=1S/C24H23N3O6/c1-31-19-7-5-16-11-20(8-6-15(16)10-19)32-14-21-13-27(24(30)33-21)18-4-2-3-17(9-18)23(25)26-12-22(28)29/h2-11,21H,12-14H2,1H3,(H2,25,26)(H,28,29). The first kappa shape index (κ1) is 21.9. The Morgan fingerprint density at radius 3 is 2.61 bits per heavy atom. The summed E-state index contributed by atoms with van der Waals surface area (Å²) >= 11 is 0. The minimum Gasteiger partial charge on any atom is -0.497 e. The Hall–Kier alpha value is -4.27. The number of fused-ring (bicyclic) bond motifs is 1. The summed E-state index contributed by atoms with van der Waals surface area (Å²) < 4.78 is 16.6. The minimum atomic E-state index is -1.08. The van der Waals surface area contributed by atoms with Gasteiger partial charge in [-0.15, -0.1) is 0 Å². The molecule has 3 aromatic rings. The van der Waals surface area contributed by atoms with Crippen LogP contribution in [0.15, 0.2) is 65.7 Å². The van der Waals surface area contributed by atoms with Crippen molar-refractivity contribution in [3.05, 3.63) is 66.2 Å². The van der Waals surface area contributed by atoms with Crippen molar-refractivity contribution in [3.8, 4) is 11.5 Å². The van der Waals surface area contributed by atoms with Crippen molar-refractivity contribution in [1.82, 2.24) is 0 Å². The van der Waals surface area contributed by atoms with Crippen LogP contribution in [0.3, 0.4) is 0 Å². The number of benzene rings is 3. The Balaban J connectivity index is 1.40. The smallest absolute Gasteiger partial charge is 0.414 e. The number of aliphatic imine (C=N–C) groups is 1. The summed E-state index contributed by atoms with van der Waals surface area (Å²) in [4.78, 5) is 28.4. The number of cyclic esters (lactones) is 1. The number of hydrogen-bond donors (Lipinski definition) is 2. The van der Waals surface area contributed by atoms with E-state index in [0.29, 0.717) is 23.5 Å². The monoisotopic (exact) mass is 449 g/mol. The molecule has 3 N–H and O–H groups in total. The van der Waals surface area contributed by atoms with Crippen LogP contribution in [-0.2, 0) is 9.53 Å². The lowest BCUT2D eigenvalue weighted by molar-refractivity contribution is -0.135. The fourth-order valence-electron chi connectivity index (χ4n) is 3.50. The van der Waals surface area contributed by atoms with Gasteiger partial charge in [-0.25, -0.2) is 4.79 Å². The van der Waals surface area contributed by atoms with Gasteiger partial charge in [-0.05, 0) is 47.2 Å². The van der Waals surface area contributed by atoms with Crippen molar-refractivity contribution in [2.45, 2.75) is 6.10 Å². The van der Waals surface area contributed by atoms with Gasteiger partial charge in [0.05, 0.1) is 13.7 Å². The second-order valence-electron chi connectivity index (χ2n) is 7.45. The van der Waals surface area contributed by atoms with E-state index in [9.17, 15) is 9.59 Å². The Morgan fingerprint density at radius 2 is 1.88 bits per heavy atom. The van der Waals surface area contributed by atoms with Crippen molar-refractivity contribution in [1.29, 1.82) is 0 Å². The van der Waals surface area contributed by atoms with Gasteiger partial charge in [-0.1, -0.05) is 24.3 Å². The molecule has 1 aliphatic heterocycles. The molecule has 0 spiro atoms. The summed E-state index contributed by atoms with van der Waals surface area (Å²) in [6, 6.07) is 18.3. The number of nitrogens with two attached hydrogens (primary N) is 1. The quantitative estimate of drug-likeness (QED) is 0.400. The van der Waals surface area contributed by atoms with Gasteiger partial charge in [0.15, 0.2) is 6.10 Å². The molecule has 0 radical (unpaired) electrons. The maximum Gasteiger partial charge on any atom is 0.414 e. The lowest BCUT2D eigenvalue weighted by Gasteiger charge is -2.14. The SMILES string of the molecule is COc1ccc2cc(OCC3CN(c4cccc(C(N)=NCC(=O)O)c4)C(=O)O3)ccc2c1. The number of carboxylic acids is 1. The molecular weight excluding hydrogens is 426 g/mol. The van der Waals surface area contributed by atoms with Crippen molar-refractivity contribution in [2.24, 2.45) is 10.7 Å². The molecule has 1 atom stereocenters. The van der Waals surface area contributed by atoms with E-state index < -0.39 is 24.7 Å². The highest BCUT2D eigenvalue weighted by atomic mass is 16.6. The van der Waals surface area contributed by atoms with Crippen LogP contribution < -0.4 is 20.1 Å². The van der Waals surface area contributed by atoms with Crippen molar-refractivity contribution in [3.63, 3.8) is 0 Å². The number of hydrogen-bond acceptors (Lipinski definition) is 6. The van der Waals surface area contributed by atoms with E-state index in [-0.39, 0.29) is 12.4 Å². The summed E-state index contributed by atoms with van der Waals surface area (Å²) in [6.07, 6.45) is -0.946. The molecule has 3 aromatic carbocycles. The number of nitrogens with zero attached hydrogens (tertiary/aromatic N) is 2. The Bertz CT molecular complexity index is 1230. The molecule has 0 aliphatic carbocycles. The van der Waals surface area contributed by atoms with Crippen LogP contribution in [0.1, 0.15) is 5.56 Å². The van der Waals surface area contributed by atoms with Gasteiger partial charge in [0.2, 0.25) is 0 Å². The first-order valence-corrected chi connectivity index (χ1v) is 10.2. The van der Waals surface area contributed by atoms with Crippen molar-refractivity contribution >= 4 is 34.4 Å². The normalized spacial score (nSPS) is 16.0. The fraction of sp³-hybridized carbons (Fsp3) is 0.208. The zero-order valence-corrected chi connectivity index (χ0v) is 17.9. The molecule has 170 valence electrons. The topological polar surface area (TPSA) is 124 Å². The minimum absolute atomic E-state index is 0.0839. The molecule has 1 heterocycles. The third kappa shape index (κ3) is 5.15. The predicted molar refractivity (Wildman–Crippen MR) is 123 cm³/mol. The van der Waals surface area contributed by atoms with Gasteiger partial charge in [0.1, 0.15) is 30.5 Å². The van der Waals surface area contributed by atoms with Crippen molar-refractivity contribution in [2.75, 3.05) is 31.7 Å². The lowest BCUT2D eigenvalue weighted by atomic mass is 10.1. The summed E-state index contributed by atoms with van der Waals surface area (Å²) in [5.41, 5.74) is 6.96. The van der Waals surface area contributed by atoms with E-state index in [1.807, 2.05) is 36.4 Å². The van der Waals surface area contributed by atoms with E-state index in [1.54, 1.807) is 31.4 Å². The number of anilines is 1. The number of carbonyl (C=O) groups excluding carboxylic acids is 1. The fourth-order valence-corrected chi connectivity index (χ4v) is 3.50. The predicted octanol–water partition coefficient (Wildman–Crippen LogP) is 3.04. The average Bonchev–Trinajstić information content (AvgIpc) is 3.21. The molecule has 33 heavy (non-hydrogen) atoms. The molecule has 9 nitrogen and oxygen atoms in total. The van der Waals surface area contributed by atoms with Crippen LogP contribution in [0, 0.1) is 0 Å². The number of methoxy groups -OCH3 is 1. The number of amidine groups is 1. The summed E-state index contributed by atoms with van der Waals surface area (Å²) in [6.45, 7) is 0.0780. The van der Waals surface area contributed by atoms with E-state index in [1.165, 1.54) is 4.90 Å². The van der Waals surface area contributed by atoms with Gasteiger partial charge >= 0.3 is 12.1 Å². The van der Waals surface area contributed by atoms with E-state index >= 15 is 0 Å². The van der Waals surface area contributed by atoms with Gasteiger partial charge in [-0.2, -0.15) is 0 Å². The highest BCUT2D eigenvalue weighted by Crippen LogP contribution is 2.26. The Morgan fingerprint density at radius 1 is 1.15 bits per heavy atom. The average molecular weight is 449 g/mol. The molecule has 4 rings (SSSR count). The van der Waals surface area contributed by atoms with Crippen LogP contribution in [0.2, 0.25) is 0 Å². The van der Waals surface area contributed by atoms with Crippen LogP contribution in [0.5, 0.6) is 11.5 Å². The number of rotatable bonds is 8. The number of aliphatic carboxylic acids is 1. The molecule has 1 unspecified atom stereocenters. The summed E-state index contributed by atoms with van der Waals surface area (Å²) in [5, 5.41) is 10.8. The first-order chi connectivity index (χ1) is 15.9. The first-order valence-electron chi connectivity index (χ1n) is 10.2. The highest BCUT2D eigenvalue weighted by Gasteiger charge is 2.33. The number of amides is 1. The largest absolute Gasteiger partial charge is 0.497 e. The number of carboxylic acid groups (broad SMARTS) is 1. The van der Waals surface area contributed by atoms with Crippen LogP contribution >= 0.6 is 0 Å². The molecule has 1 saturated heterocycles. The molecule has 1 amide bonds. The molecular formula is C24H23N3O6. The molecule has 0 aromatic heterocycles. The molecule has 1 aliphatic rings. The highest BCUT2D eigenvalue weighted by molar-refractivity contribution is 6.00. The van der Waals surface area contributed by atoms with Gasteiger partial charge in [-0.3, -0.25) is 14.7 Å². The summed E-state index contributed by atoms with van der Waals surface area (Å²) in [7, 11) is 1.63. The maximum absolute atomic E-state index is 12.4. The number of ether oxygens (including phenoxy) is 3. The lowest BCUT2D eigenvalue weighted by Crippen LogP contribution is -2.27. The van der Waals surface area contributed by atoms with Crippen molar-refractivity contribution < 1.29 is 28.9 Å².